The zero-order valence-electron chi connectivity index (χ0n) is 9.17. The minimum atomic E-state index is -1.11. The molecule has 0 aliphatic heterocycles. The van der Waals surface area contributed by atoms with Crippen molar-refractivity contribution in [2.24, 2.45) is 5.73 Å². The van der Waals surface area contributed by atoms with Crippen LogP contribution >= 0.6 is 0 Å². The maximum atomic E-state index is 10.8. The third-order valence-electron chi connectivity index (χ3n) is 2.17. The molecule has 1 rings (SSSR count). The lowest BCUT2D eigenvalue weighted by atomic mass is 10.1. The van der Waals surface area contributed by atoms with Gasteiger partial charge in [-0.1, -0.05) is 0 Å². The summed E-state index contributed by atoms with van der Waals surface area (Å²) in [5.41, 5.74) is 5.73. The van der Waals surface area contributed by atoms with E-state index >= 15 is 0 Å². The highest BCUT2D eigenvalue weighted by atomic mass is 16.4. The van der Waals surface area contributed by atoms with Crippen molar-refractivity contribution in [2.75, 3.05) is 18.5 Å². The average Bonchev–Trinajstić information content (AvgIpc) is 2.27. The Bertz CT molecular complexity index is 505. The Labute approximate surface area is 97.9 Å². The number of anilines is 1. The Morgan fingerprint density at radius 1 is 1.53 bits per heavy atom. The molecule has 0 saturated heterocycles. The predicted octanol–water partition coefficient (Wildman–Crippen LogP) is 0.178. The number of aromatic carboxylic acids is 1. The molecule has 88 valence electrons. The molecular formula is C11H11N3O3. The summed E-state index contributed by atoms with van der Waals surface area (Å²) in [5, 5.41) is 17.7. The second-order valence-electron chi connectivity index (χ2n) is 3.47. The number of likely N-dealkylation sites (N-methyl/N-ethyl adjacent to an activating group) is 1. The molecule has 1 amide bonds. The largest absolute Gasteiger partial charge is 0.478 e. The Kier molecular flexibility index (Phi) is 3.67. The number of amides is 1. The number of carbonyl (C=O) groups is 2. The molecular weight excluding hydrogens is 222 g/mol. The SMILES string of the molecule is CN(CC(N)=O)c1ccc(C(=O)O)cc1C#N. The van der Waals surface area contributed by atoms with E-state index < -0.39 is 11.9 Å². The van der Waals surface area contributed by atoms with Crippen LogP contribution in [0.4, 0.5) is 5.69 Å². The molecule has 6 nitrogen and oxygen atoms in total. The monoisotopic (exact) mass is 233 g/mol. The van der Waals surface area contributed by atoms with Gasteiger partial charge in [-0.2, -0.15) is 5.26 Å². The fraction of sp³-hybridized carbons (Fsp3) is 0.182. The van der Waals surface area contributed by atoms with Crippen LogP contribution in [0.15, 0.2) is 18.2 Å². The lowest BCUT2D eigenvalue weighted by Crippen LogP contribution is -2.31. The van der Waals surface area contributed by atoms with E-state index in [0.717, 1.165) is 0 Å². The molecule has 0 radical (unpaired) electrons. The van der Waals surface area contributed by atoms with Crippen molar-refractivity contribution >= 4 is 17.6 Å². The van der Waals surface area contributed by atoms with Gasteiger partial charge in [0.2, 0.25) is 5.91 Å². The van der Waals surface area contributed by atoms with Gasteiger partial charge >= 0.3 is 5.97 Å². The number of hydrogen-bond donors (Lipinski definition) is 2. The van der Waals surface area contributed by atoms with Crippen LogP contribution in [0, 0.1) is 11.3 Å². The van der Waals surface area contributed by atoms with E-state index in [4.69, 9.17) is 16.1 Å². The molecule has 0 saturated carbocycles. The molecule has 1 aromatic rings. The fourth-order valence-corrected chi connectivity index (χ4v) is 1.41. The molecule has 0 bridgehead atoms. The second kappa shape index (κ2) is 4.99. The first-order valence-electron chi connectivity index (χ1n) is 4.72. The van der Waals surface area contributed by atoms with Crippen molar-refractivity contribution in [1.29, 1.82) is 5.26 Å². The minimum absolute atomic E-state index is 0.0257. The number of carboxylic acids is 1. The summed E-state index contributed by atoms with van der Waals surface area (Å²) in [7, 11) is 1.60. The quantitative estimate of drug-likeness (QED) is 0.771. The smallest absolute Gasteiger partial charge is 0.335 e. The summed E-state index contributed by atoms with van der Waals surface area (Å²) in [6.45, 7) is -0.0406. The van der Waals surface area contributed by atoms with Gasteiger partial charge in [-0.25, -0.2) is 4.79 Å². The number of benzene rings is 1. The lowest BCUT2D eigenvalue weighted by Gasteiger charge is -2.18. The summed E-state index contributed by atoms with van der Waals surface area (Å²) in [6, 6.07) is 6.00. The maximum absolute atomic E-state index is 10.8. The molecule has 0 aromatic heterocycles. The summed E-state index contributed by atoms with van der Waals surface area (Å²) in [5.74, 6) is -1.63. The van der Waals surface area contributed by atoms with Crippen molar-refractivity contribution in [3.8, 4) is 6.07 Å². The van der Waals surface area contributed by atoms with E-state index in [0.29, 0.717) is 5.69 Å². The number of carboxylic acid groups (broad SMARTS) is 1. The van der Waals surface area contributed by atoms with Gasteiger partial charge in [0, 0.05) is 7.05 Å². The normalized spacial score (nSPS) is 9.41. The van der Waals surface area contributed by atoms with Gasteiger partial charge in [0.05, 0.1) is 23.4 Å². The fourth-order valence-electron chi connectivity index (χ4n) is 1.41. The Morgan fingerprint density at radius 2 is 2.18 bits per heavy atom. The Morgan fingerprint density at radius 3 is 2.65 bits per heavy atom. The zero-order valence-corrected chi connectivity index (χ0v) is 9.17. The van der Waals surface area contributed by atoms with Gasteiger partial charge in [0.25, 0.3) is 0 Å². The molecule has 0 spiro atoms. The highest BCUT2D eigenvalue weighted by Crippen LogP contribution is 2.20. The third-order valence-corrected chi connectivity index (χ3v) is 2.17. The van der Waals surface area contributed by atoms with Gasteiger partial charge in [-0.15, -0.1) is 0 Å². The summed E-state index contributed by atoms with van der Waals surface area (Å²) >= 11 is 0. The van der Waals surface area contributed by atoms with Crippen LogP contribution in [0.3, 0.4) is 0 Å². The maximum Gasteiger partial charge on any atom is 0.335 e. The van der Waals surface area contributed by atoms with Crippen LogP contribution in [0.25, 0.3) is 0 Å². The summed E-state index contributed by atoms with van der Waals surface area (Å²) in [4.78, 5) is 23.0. The van der Waals surface area contributed by atoms with Crippen LogP contribution < -0.4 is 10.6 Å². The van der Waals surface area contributed by atoms with Crippen LogP contribution in [0.2, 0.25) is 0 Å². The first-order valence-corrected chi connectivity index (χ1v) is 4.72. The minimum Gasteiger partial charge on any atom is -0.478 e. The van der Waals surface area contributed by atoms with E-state index in [1.54, 1.807) is 7.05 Å². The second-order valence-corrected chi connectivity index (χ2v) is 3.47. The number of carbonyl (C=O) groups excluding carboxylic acids is 1. The highest BCUT2D eigenvalue weighted by Gasteiger charge is 2.12. The van der Waals surface area contributed by atoms with Gasteiger partial charge in [-0.3, -0.25) is 4.79 Å². The van der Waals surface area contributed by atoms with Crippen molar-refractivity contribution in [3.63, 3.8) is 0 Å². The van der Waals surface area contributed by atoms with Gasteiger partial charge in [0.1, 0.15) is 6.07 Å². The van der Waals surface area contributed by atoms with E-state index in [9.17, 15) is 9.59 Å². The molecule has 0 aliphatic rings. The van der Waals surface area contributed by atoms with Crippen molar-refractivity contribution in [3.05, 3.63) is 29.3 Å². The molecule has 0 fully saturated rings. The average molecular weight is 233 g/mol. The molecule has 0 heterocycles. The topological polar surface area (TPSA) is 107 Å². The molecule has 6 heteroatoms. The van der Waals surface area contributed by atoms with Gasteiger partial charge in [-0.05, 0) is 18.2 Å². The molecule has 17 heavy (non-hydrogen) atoms. The number of rotatable bonds is 4. The number of nitriles is 1. The molecule has 0 atom stereocenters. The highest BCUT2D eigenvalue weighted by molar-refractivity contribution is 5.89. The third kappa shape index (κ3) is 2.95. The summed E-state index contributed by atoms with van der Waals surface area (Å²) in [6.07, 6.45) is 0. The molecule has 3 N–H and O–H groups in total. The van der Waals surface area contributed by atoms with Crippen LogP contribution in [0.5, 0.6) is 0 Å². The first kappa shape index (κ1) is 12.5. The predicted molar refractivity (Wildman–Crippen MR) is 60.6 cm³/mol. The van der Waals surface area contributed by atoms with Crippen LogP contribution in [-0.4, -0.2) is 30.6 Å². The Hall–Kier alpha value is -2.55. The number of hydrogen-bond acceptors (Lipinski definition) is 4. The van der Waals surface area contributed by atoms with E-state index in [1.807, 2.05) is 6.07 Å². The van der Waals surface area contributed by atoms with Crippen molar-refractivity contribution < 1.29 is 14.7 Å². The first-order chi connectivity index (χ1) is 7.95. The molecule has 0 aliphatic carbocycles. The standard InChI is InChI=1S/C11H11N3O3/c1-14(6-10(13)15)9-3-2-7(11(16)17)4-8(9)5-12/h2-4H,6H2,1H3,(H2,13,15)(H,16,17). The van der Waals surface area contributed by atoms with Crippen LogP contribution in [0.1, 0.15) is 15.9 Å². The van der Waals surface area contributed by atoms with Crippen molar-refractivity contribution in [2.45, 2.75) is 0 Å². The Balaban J connectivity index is 3.13. The number of primary amides is 1. The lowest BCUT2D eigenvalue weighted by molar-refractivity contribution is -0.116. The zero-order chi connectivity index (χ0) is 13.0. The number of nitrogens with two attached hydrogens (primary N) is 1. The van der Waals surface area contributed by atoms with E-state index in [1.165, 1.54) is 23.1 Å². The van der Waals surface area contributed by atoms with E-state index in [2.05, 4.69) is 0 Å². The van der Waals surface area contributed by atoms with Crippen LogP contribution in [-0.2, 0) is 4.79 Å². The molecule has 0 unspecified atom stereocenters. The van der Waals surface area contributed by atoms with Gasteiger partial charge < -0.3 is 15.7 Å². The molecule has 1 aromatic carbocycles. The number of nitrogens with zero attached hydrogens (tertiary/aromatic N) is 2. The van der Waals surface area contributed by atoms with Gasteiger partial charge in [0.15, 0.2) is 0 Å². The van der Waals surface area contributed by atoms with Crippen molar-refractivity contribution in [1.82, 2.24) is 0 Å². The summed E-state index contributed by atoms with van der Waals surface area (Å²) < 4.78 is 0. The van der Waals surface area contributed by atoms with E-state index in [-0.39, 0.29) is 17.7 Å².